The molecule has 0 bridgehead atoms. The third-order valence-corrected chi connectivity index (χ3v) is 3.30. The quantitative estimate of drug-likeness (QED) is 0.689. The molecular formula is C9H11IO2. The molecule has 1 aliphatic carbocycles. The molecule has 0 radical (unpaired) electrons. The molecule has 1 unspecified atom stereocenters. The summed E-state index contributed by atoms with van der Waals surface area (Å²) in [6, 6.07) is 0. The highest BCUT2D eigenvalue weighted by Gasteiger charge is 2.32. The maximum atomic E-state index is 11.2. The van der Waals surface area contributed by atoms with Crippen molar-refractivity contribution < 1.29 is 9.59 Å². The van der Waals surface area contributed by atoms with E-state index < -0.39 is 5.41 Å². The zero-order valence-corrected chi connectivity index (χ0v) is 9.34. The van der Waals surface area contributed by atoms with Crippen LogP contribution in [-0.2, 0) is 9.59 Å². The first-order valence-corrected chi connectivity index (χ1v) is 4.96. The Morgan fingerprint density at radius 2 is 2.25 bits per heavy atom. The predicted octanol–water partition coefficient (Wildman–Crippen LogP) is 2.26. The van der Waals surface area contributed by atoms with Gasteiger partial charge in [-0.1, -0.05) is 6.08 Å². The molecule has 0 aliphatic heterocycles. The van der Waals surface area contributed by atoms with E-state index in [0.29, 0.717) is 16.4 Å². The summed E-state index contributed by atoms with van der Waals surface area (Å²) in [4.78, 5) is 22.3. The number of carbonyl (C=O) groups is 2. The Kier molecular flexibility index (Phi) is 2.70. The van der Waals surface area contributed by atoms with Gasteiger partial charge in [-0.2, -0.15) is 0 Å². The maximum Gasteiger partial charge on any atom is 0.168 e. The number of allylic oxidation sites excluding steroid dienone is 2. The van der Waals surface area contributed by atoms with Crippen molar-refractivity contribution in [3.05, 3.63) is 9.66 Å². The normalized spacial score (nSPS) is 29.9. The summed E-state index contributed by atoms with van der Waals surface area (Å²) in [5.74, 6) is 0.304. The maximum absolute atomic E-state index is 11.2. The van der Waals surface area contributed by atoms with Gasteiger partial charge in [0.2, 0.25) is 0 Å². The van der Waals surface area contributed by atoms with Gasteiger partial charge in [0.15, 0.2) is 5.78 Å². The summed E-state index contributed by atoms with van der Waals surface area (Å²) in [5, 5.41) is 0. The second kappa shape index (κ2) is 3.28. The zero-order chi connectivity index (χ0) is 9.35. The Morgan fingerprint density at radius 3 is 2.67 bits per heavy atom. The van der Waals surface area contributed by atoms with Gasteiger partial charge in [-0.15, -0.1) is 0 Å². The SMILES string of the molecule is CC(=O)C1(C)C=C(I)C(=O)CC1. The molecular weight excluding hydrogens is 267 g/mol. The van der Waals surface area contributed by atoms with E-state index in [9.17, 15) is 9.59 Å². The Bertz CT molecular complexity index is 268. The topological polar surface area (TPSA) is 34.1 Å². The smallest absolute Gasteiger partial charge is 0.168 e. The first-order chi connectivity index (χ1) is 5.46. The van der Waals surface area contributed by atoms with Crippen LogP contribution in [-0.4, -0.2) is 11.6 Å². The van der Waals surface area contributed by atoms with Gasteiger partial charge in [0.1, 0.15) is 5.78 Å². The van der Waals surface area contributed by atoms with Crippen molar-refractivity contribution in [2.75, 3.05) is 0 Å². The fraction of sp³-hybridized carbons (Fsp3) is 0.556. The van der Waals surface area contributed by atoms with Crippen LogP contribution in [0.15, 0.2) is 9.66 Å². The van der Waals surface area contributed by atoms with Crippen LogP contribution in [0.5, 0.6) is 0 Å². The number of Topliss-reactive ketones (excluding diaryl/α,β-unsaturated/α-hetero) is 2. The van der Waals surface area contributed by atoms with E-state index in [-0.39, 0.29) is 11.6 Å². The van der Waals surface area contributed by atoms with Crippen LogP contribution in [0.1, 0.15) is 26.7 Å². The minimum atomic E-state index is -0.398. The number of hydrogen-bond acceptors (Lipinski definition) is 2. The van der Waals surface area contributed by atoms with E-state index in [2.05, 4.69) is 0 Å². The minimum Gasteiger partial charge on any atom is -0.299 e. The van der Waals surface area contributed by atoms with Crippen LogP contribution in [0.25, 0.3) is 0 Å². The molecule has 1 aliphatic rings. The molecule has 0 fully saturated rings. The molecule has 0 spiro atoms. The van der Waals surface area contributed by atoms with Crippen LogP contribution >= 0.6 is 22.6 Å². The summed E-state index contributed by atoms with van der Waals surface area (Å²) in [6.45, 7) is 3.47. The standard InChI is InChI=1S/C9H11IO2/c1-6(11)9(2)4-3-8(12)7(10)5-9/h5H,3-4H2,1-2H3. The molecule has 0 aromatic rings. The van der Waals surface area contributed by atoms with E-state index in [1.807, 2.05) is 29.5 Å². The largest absolute Gasteiger partial charge is 0.299 e. The van der Waals surface area contributed by atoms with Crippen molar-refractivity contribution in [1.82, 2.24) is 0 Å². The lowest BCUT2D eigenvalue weighted by Gasteiger charge is -2.26. The summed E-state index contributed by atoms with van der Waals surface area (Å²) in [7, 11) is 0. The molecule has 0 aromatic heterocycles. The van der Waals surface area contributed by atoms with Crippen molar-refractivity contribution in [3.63, 3.8) is 0 Å². The van der Waals surface area contributed by atoms with Crippen LogP contribution in [0.4, 0.5) is 0 Å². The van der Waals surface area contributed by atoms with Gasteiger partial charge in [0.05, 0.1) is 3.58 Å². The molecule has 0 N–H and O–H groups in total. The lowest BCUT2D eigenvalue weighted by atomic mass is 9.77. The number of carbonyl (C=O) groups excluding carboxylic acids is 2. The molecule has 1 atom stereocenters. The van der Waals surface area contributed by atoms with E-state index in [0.717, 1.165) is 0 Å². The summed E-state index contributed by atoms with van der Waals surface area (Å²) >= 11 is 2.00. The summed E-state index contributed by atoms with van der Waals surface area (Å²) in [5.41, 5.74) is -0.398. The van der Waals surface area contributed by atoms with Crippen LogP contribution in [0.3, 0.4) is 0 Å². The predicted molar refractivity (Wildman–Crippen MR) is 55.1 cm³/mol. The van der Waals surface area contributed by atoms with Gasteiger partial charge in [-0.3, -0.25) is 9.59 Å². The van der Waals surface area contributed by atoms with Crippen molar-refractivity contribution in [2.45, 2.75) is 26.7 Å². The second-order valence-electron chi connectivity index (χ2n) is 3.39. The molecule has 3 heteroatoms. The van der Waals surface area contributed by atoms with Gasteiger partial charge in [-0.25, -0.2) is 0 Å². The lowest BCUT2D eigenvalue weighted by Crippen LogP contribution is -2.28. The number of rotatable bonds is 1. The number of ketones is 2. The third-order valence-electron chi connectivity index (χ3n) is 2.39. The Hall–Kier alpha value is -0.190. The van der Waals surface area contributed by atoms with Crippen LogP contribution in [0, 0.1) is 5.41 Å². The van der Waals surface area contributed by atoms with Crippen LogP contribution < -0.4 is 0 Å². The minimum absolute atomic E-state index is 0.143. The molecule has 0 aromatic carbocycles. The highest BCUT2D eigenvalue weighted by Crippen LogP contribution is 2.34. The summed E-state index contributed by atoms with van der Waals surface area (Å²) in [6.07, 6.45) is 2.96. The first-order valence-electron chi connectivity index (χ1n) is 3.88. The monoisotopic (exact) mass is 278 g/mol. The van der Waals surface area contributed by atoms with Gasteiger partial charge < -0.3 is 0 Å². The fourth-order valence-electron chi connectivity index (χ4n) is 1.20. The molecule has 2 nitrogen and oxygen atoms in total. The average Bonchev–Trinajstić information content (AvgIpc) is 1.97. The third kappa shape index (κ3) is 1.76. The lowest BCUT2D eigenvalue weighted by molar-refractivity contribution is -0.124. The van der Waals surface area contributed by atoms with Crippen molar-refractivity contribution in [3.8, 4) is 0 Å². The molecule has 66 valence electrons. The molecule has 0 saturated carbocycles. The Labute approximate surface area is 85.5 Å². The number of hydrogen-bond donors (Lipinski definition) is 0. The molecule has 0 saturated heterocycles. The van der Waals surface area contributed by atoms with Crippen molar-refractivity contribution in [1.29, 1.82) is 0 Å². The summed E-state index contributed by atoms with van der Waals surface area (Å²) < 4.78 is 0.705. The Balaban J connectivity index is 2.99. The number of halogens is 1. The highest BCUT2D eigenvalue weighted by molar-refractivity contribution is 14.1. The molecule has 0 heterocycles. The van der Waals surface area contributed by atoms with E-state index in [1.165, 1.54) is 0 Å². The second-order valence-corrected chi connectivity index (χ2v) is 4.55. The zero-order valence-electron chi connectivity index (χ0n) is 7.19. The van der Waals surface area contributed by atoms with E-state index in [4.69, 9.17) is 0 Å². The first kappa shape index (κ1) is 9.89. The molecule has 1 rings (SSSR count). The van der Waals surface area contributed by atoms with Gasteiger partial charge in [0, 0.05) is 11.8 Å². The van der Waals surface area contributed by atoms with Gasteiger partial charge in [0.25, 0.3) is 0 Å². The van der Waals surface area contributed by atoms with Crippen LogP contribution in [0.2, 0.25) is 0 Å². The molecule has 12 heavy (non-hydrogen) atoms. The Morgan fingerprint density at radius 1 is 1.67 bits per heavy atom. The van der Waals surface area contributed by atoms with E-state index >= 15 is 0 Å². The van der Waals surface area contributed by atoms with Crippen molar-refractivity contribution in [2.24, 2.45) is 5.41 Å². The average molecular weight is 278 g/mol. The van der Waals surface area contributed by atoms with Gasteiger partial charge >= 0.3 is 0 Å². The highest BCUT2D eigenvalue weighted by atomic mass is 127. The van der Waals surface area contributed by atoms with Crippen molar-refractivity contribution >= 4 is 34.2 Å². The molecule has 0 amide bonds. The van der Waals surface area contributed by atoms with Gasteiger partial charge in [-0.05, 0) is 42.9 Å². The fourth-order valence-corrected chi connectivity index (χ4v) is 2.16. The van der Waals surface area contributed by atoms with E-state index in [1.54, 1.807) is 13.0 Å².